The molecule has 1 N–H and O–H groups in total. The van der Waals surface area contributed by atoms with Gasteiger partial charge in [0.2, 0.25) is 0 Å². The highest BCUT2D eigenvalue weighted by molar-refractivity contribution is 5.36. The molecule has 1 atom stereocenters. The summed E-state index contributed by atoms with van der Waals surface area (Å²) < 4.78 is 5.22. The van der Waals surface area contributed by atoms with E-state index in [9.17, 15) is 0 Å². The Morgan fingerprint density at radius 3 is 1.90 bits per heavy atom. The third-order valence-electron chi connectivity index (χ3n) is 3.58. The fourth-order valence-corrected chi connectivity index (χ4v) is 2.37. The summed E-state index contributed by atoms with van der Waals surface area (Å²) in [6, 6.07) is 17.4. The molecule has 106 valence electrons. The molecule has 0 amide bonds. The van der Waals surface area contributed by atoms with Gasteiger partial charge in [0, 0.05) is 0 Å². The SMILES string of the molecule is CCNC(c1ccc(CC)cc1)c1ccc(OC)cc1. The van der Waals surface area contributed by atoms with Crippen molar-refractivity contribution in [3.8, 4) is 5.75 Å². The van der Waals surface area contributed by atoms with Crippen molar-refractivity contribution in [3.63, 3.8) is 0 Å². The number of rotatable bonds is 6. The molecule has 0 aromatic heterocycles. The number of aryl methyl sites for hydroxylation is 1. The van der Waals surface area contributed by atoms with Crippen molar-refractivity contribution < 1.29 is 4.74 Å². The predicted octanol–water partition coefficient (Wildman–Crippen LogP) is 3.96. The van der Waals surface area contributed by atoms with E-state index in [1.807, 2.05) is 12.1 Å². The lowest BCUT2D eigenvalue weighted by Crippen LogP contribution is -2.21. The van der Waals surface area contributed by atoms with Gasteiger partial charge in [-0.1, -0.05) is 50.2 Å². The van der Waals surface area contributed by atoms with E-state index in [0.29, 0.717) is 0 Å². The van der Waals surface area contributed by atoms with E-state index in [1.54, 1.807) is 7.11 Å². The zero-order valence-corrected chi connectivity index (χ0v) is 12.5. The van der Waals surface area contributed by atoms with Crippen molar-refractivity contribution in [2.24, 2.45) is 0 Å². The van der Waals surface area contributed by atoms with Gasteiger partial charge in [-0.2, -0.15) is 0 Å². The van der Waals surface area contributed by atoms with Crippen LogP contribution in [-0.2, 0) is 6.42 Å². The molecule has 0 bridgehead atoms. The lowest BCUT2D eigenvalue weighted by Gasteiger charge is -2.19. The highest BCUT2D eigenvalue weighted by Gasteiger charge is 2.12. The van der Waals surface area contributed by atoms with Gasteiger partial charge in [-0.3, -0.25) is 0 Å². The molecule has 2 nitrogen and oxygen atoms in total. The summed E-state index contributed by atoms with van der Waals surface area (Å²) in [5, 5.41) is 3.55. The first kappa shape index (κ1) is 14.6. The average molecular weight is 269 g/mol. The van der Waals surface area contributed by atoms with Crippen molar-refractivity contribution in [2.75, 3.05) is 13.7 Å². The molecule has 2 aromatic rings. The maximum Gasteiger partial charge on any atom is 0.118 e. The summed E-state index contributed by atoms with van der Waals surface area (Å²) in [7, 11) is 1.69. The zero-order valence-electron chi connectivity index (χ0n) is 12.5. The molecule has 0 aliphatic rings. The van der Waals surface area contributed by atoms with Gasteiger partial charge in [-0.15, -0.1) is 0 Å². The predicted molar refractivity (Wildman–Crippen MR) is 84.3 cm³/mol. The summed E-state index contributed by atoms with van der Waals surface area (Å²) in [6.07, 6.45) is 1.08. The molecule has 0 heterocycles. The third kappa shape index (κ3) is 3.40. The van der Waals surface area contributed by atoms with Gasteiger partial charge in [0.1, 0.15) is 5.75 Å². The van der Waals surface area contributed by atoms with Crippen LogP contribution in [0, 0.1) is 0 Å². The van der Waals surface area contributed by atoms with Crippen molar-refractivity contribution in [1.82, 2.24) is 5.32 Å². The Hall–Kier alpha value is -1.80. The molecule has 1 unspecified atom stereocenters. The second-order valence-electron chi connectivity index (χ2n) is 4.86. The molecule has 2 heteroatoms. The highest BCUT2D eigenvalue weighted by atomic mass is 16.5. The second-order valence-corrected chi connectivity index (χ2v) is 4.86. The average Bonchev–Trinajstić information content (AvgIpc) is 2.53. The normalized spacial score (nSPS) is 12.2. The molecule has 0 saturated carbocycles. The van der Waals surface area contributed by atoms with E-state index in [4.69, 9.17) is 4.74 Å². The fraction of sp³-hybridized carbons (Fsp3) is 0.333. The molecule has 0 fully saturated rings. The van der Waals surface area contributed by atoms with Crippen LogP contribution in [0.1, 0.15) is 36.6 Å². The van der Waals surface area contributed by atoms with Gasteiger partial charge in [0.05, 0.1) is 13.2 Å². The Balaban J connectivity index is 2.28. The van der Waals surface area contributed by atoms with Crippen LogP contribution in [0.25, 0.3) is 0 Å². The van der Waals surface area contributed by atoms with E-state index in [-0.39, 0.29) is 6.04 Å². The molecule has 20 heavy (non-hydrogen) atoms. The molecule has 0 aliphatic carbocycles. The van der Waals surface area contributed by atoms with Gasteiger partial charge in [0.15, 0.2) is 0 Å². The van der Waals surface area contributed by atoms with Gasteiger partial charge < -0.3 is 10.1 Å². The fourth-order valence-electron chi connectivity index (χ4n) is 2.37. The standard InChI is InChI=1S/C18H23NO/c1-4-14-6-8-15(9-7-14)18(19-5-2)16-10-12-17(20-3)13-11-16/h6-13,18-19H,4-5H2,1-3H3. The number of hydrogen-bond acceptors (Lipinski definition) is 2. The van der Waals surface area contributed by atoms with Crippen LogP contribution in [0.3, 0.4) is 0 Å². The monoisotopic (exact) mass is 269 g/mol. The molecule has 2 rings (SSSR count). The van der Waals surface area contributed by atoms with Gasteiger partial charge in [-0.25, -0.2) is 0 Å². The minimum Gasteiger partial charge on any atom is -0.497 e. The van der Waals surface area contributed by atoms with E-state index < -0.39 is 0 Å². The maximum atomic E-state index is 5.22. The van der Waals surface area contributed by atoms with E-state index in [1.165, 1.54) is 16.7 Å². The summed E-state index contributed by atoms with van der Waals surface area (Å²) in [4.78, 5) is 0. The Labute approximate surface area is 121 Å². The largest absolute Gasteiger partial charge is 0.497 e. The molecule has 0 saturated heterocycles. The molecular formula is C18H23NO. The van der Waals surface area contributed by atoms with Crippen molar-refractivity contribution >= 4 is 0 Å². The Morgan fingerprint density at radius 2 is 1.45 bits per heavy atom. The molecule has 0 aliphatic heterocycles. The van der Waals surface area contributed by atoms with Crippen LogP contribution in [-0.4, -0.2) is 13.7 Å². The molecule has 2 aromatic carbocycles. The van der Waals surface area contributed by atoms with E-state index in [0.717, 1.165) is 18.7 Å². The Morgan fingerprint density at radius 1 is 0.900 bits per heavy atom. The third-order valence-corrected chi connectivity index (χ3v) is 3.58. The lowest BCUT2D eigenvalue weighted by molar-refractivity contribution is 0.414. The molecular weight excluding hydrogens is 246 g/mol. The first-order valence-corrected chi connectivity index (χ1v) is 7.24. The van der Waals surface area contributed by atoms with E-state index in [2.05, 4.69) is 55.6 Å². The summed E-state index contributed by atoms with van der Waals surface area (Å²) >= 11 is 0. The van der Waals surface area contributed by atoms with Gasteiger partial charge >= 0.3 is 0 Å². The van der Waals surface area contributed by atoms with Crippen LogP contribution in [0.5, 0.6) is 5.75 Å². The number of benzene rings is 2. The van der Waals surface area contributed by atoms with Crippen LogP contribution in [0.2, 0.25) is 0 Å². The van der Waals surface area contributed by atoms with Crippen LogP contribution in [0.4, 0.5) is 0 Å². The molecule has 0 spiro atoms. The van der Waals surface area contributed by atoms with Crippen LogP contribution < -0.4 is 10.1 Å². The minimum atomic E-state index is 0.233. The van der Waals surface area contributed by atoms with E-state index >= 15 is 0 Å². The van der Waals surface area contributed by atoms with Crippen LogP contribution in [0.15, 0.2) is 48.5 Å². The van der Waals surface area contributed by atoms with Crippen molar-refractivity contribution in [1.29, 1.82) is 0 Å². The highest BCUT2D eigenvalue weighted by Crippen LogP contribution is 2.24. The number of hydrogen-bond donors (Lipinski definition) is 1. The Kier molecular flexibility index (Phi) is 5.19. The topological polar surface area (TPSA) is 21.3 Å². The number of nitrogens with one attached hydrogen (secondary N) is 1. The van der Waals surface area contributed by atoms with Gasteiger partial charge in [0.25, 0.3) is 0 Å². The first-order chi connectivity index (χ1) is 9.78. The lowest BCUT2D eigenvalue weighted by atomic mass is 9.97. The Bertz CT molecular complexity index is 469. The number of ether oxygens (including phenoxy) is 1. The van der Waals surface area contributed by atoms with Crippen LogP contribution >= 0.6 is 0 Å². The summed E-state index contributed by atoms with van der Waals surface area (Å²) in [5.41, 5.74) is 3.94. The minimum absolute atomic E-state index is 0.233. The summed E-state index contributed by atoms with van der Waals surface area (Å²) in [6.45, 7) is 5.25. The summed E-state index contributed by atoms with van der Waals surface area (Å²) in [5.74, 6) is 0.894. The first-order valence-electron chi connectivity index (χ1n) is 7.24. The zero-order chi connectivity index (χ0) is 14.4. The smallest absolute Gasteiger partial charge is 0.118 e. The maximum absolute atomic E-state index is 5.22. The van der Waals surface area contributed by atoms with Gasteiger partial charge in [-0.05, 0) is 41.8 Å². The van der Waals surface area contributed by atoms with Crippen molar-refractivity contribution in [2.45, 2.75) is 26.3 Å². The van der Waals surface area contributed by atoms with Crippen molar-refractivity contribution in [3.05, 3.63) is 65.2 Å². The second kappa shape index (κ2) is 7.11. The molecule has 0 radical (unpaired) electrons. The quantitative estimate of drug-likeness (QED) is 0.857. The number of methoxy groups -OCH3 is 1.